The minimum atomic E-state index is 0.0961. The van der Waals surface area contributed by atoms with Gasteiger partial charge in [-0.05, 0) is 49.3 Å². The summed E-state index contributed by atoms with van der Waals surface area (Å²) in [5.74, 6) is 0.611. The van der Waals surface area contributed by atoms with E-state index >= 15 is 0 Å². The predicted octanol–water partition coefficient (Wildman–Crippen LogP) is 2.90. The van der Waals surface area contributed by atoms with Crippen LogP contribution in [0, 0.1) is 5.92 Å². The Labute approximate surface area is 137 Å². The largest absolute Gasteiger partial charge is 0.352 e. The van der Waals surface area contributed by atoms with Crippen molar-refractivity contribution in [2.75, 3.05) is 13.1 Å². The molecule has 0 unspecified atom stereocenters. The quantitative estimate of drug-likeness (QED) is 0.850. The maximum Gasteiger partial charge on any atom is 0.253 e. The molecule has 1 aliphatic heterocycles. The molecule has 2 amide bonds. The fourth-order valence-corrected chi connectivity index (χ4v) is 3.24. The topological polar surface area (TPSA) is 49.4 Å². The number of likely N-dealkylation sites (tertiary alicyclic amines) is 1. The van der Waals surface area contributed by atoms with Crippen molar-refractivity contribution in [3.05, 3.63) is 47.5 Å². The first-order valence-electron chi connectivity index (χ1n) is 8.54. The van der Waals surface area contributed by atoms with Crippen LogP contribution in [0.4, 0.5) is 0 Å². The molecule has 0 aromatic heterocycles. The van der Waals surface area contributed by atoms with Crippen molar-refractivity contribution in [3.63, 3.8) is 0 Å². The van der Waals surface area contributed by atoms with Crippen molar-refractivity contribution in [2.45, 2.75) is 38.6 Å². The molecule has 0 bridgehead atoms. The summed E-state index contributed by atoms with van der Waals surface area (Å²) in [7, 11) is 0. The van der Waals surface area contributed by atoms with Gasteiger partial charge in [-0.25, -0.2) is 0 Å². The summed E-state index contributed by atoms with van der Waals surface area (Å²) in [5, 5.41) is 2.96. The third kappa shape index (κ3) is 4.21. The number of carbonyl (C=O) groups excluding carboxylic acids is 2. The fourth-order valence-electron chi connectivity index (χ4n) is 3.24. The average Bonchev–Trinajstić information content (AvgIpc) is 3.26. The van der Waals surface area contributed by atoms with E-state index in [0.29, 0.717) is 18.9 Å². The number of nitrogens with one attached hydrogen (secondary N) is 1. The summed E-state index contributed by atoms with van der Waals surface area (Å²) in [4.78, 5) is 26.1. The van der Waals surface area contributed by atoms with Gasteiger partial charge in [0.05, 0.1) is 0 Å². The summed E-state index contributed by atoms with van der Waals surface area (Å²) in [6.45, 7) is 2.26. The van der Waals surface area contributed by atoms with Crippen LogP contribution in [0.5, 0.6) is 0 Å². The van der Waals surface area contributed by atoms with Gasteiger partial charge in [-0.3, -0.25) is 9.59 Å². The monoisotopic (exact) mass is 312 g/mol. The highest BCUT2D eigenvalue weighted by Gasteiger charge is 2.19. The molecular formula is C19H24N2O2. The van der Waals surface area contributed by atoms with E-state index in [9.17, 15) is 9.59 Å². The van der Waals surface area contributed by atoms with E-state index in [1.807, 2.05) is 29.2 Å². The molecular weight excluding hydrogens is 288 g/mol. The van der Waals surface area contributed by atoms with Gasteiger partial charge in [-0.15, -0.1) is 0 Å². The molecule has 122 valence electrons. The molecule has 0 spiro atoms. The van der Waals surface area contributed by atoms with Gasteiger partial charge < -0.3 is 10.2 Å². The standard InChI is InChI=1S/C19H24N2O2/c22-18(13-15-5-1-2-6-15)20-14-16-7-9-17(10-8-16)19(23)21-11-3-4-12-21/h1,5,7-10,15H,2-4,6,11-14H2,(H,20,22)/t15-/m1/s1. The molecule has 3 rings (SSSR count). The third-order valence-electron chi connectivity index (χ3n) is 4.64. The van der Waals surface area contributed by atoms with Gasteiger partial charge in [0.1, 0.15) is 0 Å². The lowest BCUT2D eigenvalue weighted by atomic mass is 10.0. The van der Waals surface area contributed by atoms with Gasteiger partial charge in [0.25, 0.3) is 5.91 Å². The minimum Gasteiger partial charge on any atom is -0.352 e. The second-order valence-electron chi connectivity index (χ2n) is 6.44. The lowest BCUT2D eigenvalue weighted by molar-refractivity contribution is -0.121. The summed E-state index contributed by atoms with van der Waals surface area (Å²) < 4.78 is 0. The number of carbonyl (C=O) groups is 2. The molecule has 4 heteroatoms. The Morgan fingerprint density at radius 1 is 1.13 bits per heavy atom. The molecule has 23 heavy (non-hydrogen) atoms. The molecule has 4 nitrogen and oxygen atoms in total. The highest BCUT2D eigenvalue weighted by atomic mass is 16.2. The molecule has 1 N–H and O–H groups in total. The maximum atomic E-state index is 12.3. The van der Waals surface area contributed by atoms with E-state index < -0.39 is 0 Å². The van der Waals surface area contributed by atoms with Crippen LogP contribution in [0.1, 0.15) is 48.0 Å². The van der Waals surface area contributed by atoms with Crippen LogP contribution in [0.25, 0.3) is 0 Å². The third-order valence-corrected chi connectivity index (χ3v) is 4.64. The van der Waals surface area contributed by atoms with Crippen LogP contribution in [-0.4, -0.2) is 29.8 Å². The molecule has 0 saturated carbocycles. The lowest BCUT2D eigenvalue weighted by Gasteiger charge is -2.15. The van der Waals surface area contributed by atoms with E-state index in [0.717, 1.165) is 49.9 Å². The molecule has 1 atom stereocenters. The zero-order valence-electron chi connectivity index (χ0n) is 13.5. The van der Waals surface area contributed by atoms with E-state index in [4.69, 9.17) is 0 Å². The second-order valence-corrected chi connectivity index (χ2v) is 6.44. The van der Waals surface area contributed by atoms with Crippen molar-refractivity contribution >= 4 is 11.8 Å². The molecule has 0 radical (unpaired) electrons. The highest BCUT2D eigenvalue weighted by molar-refractivity contribution is 5.94. The molecule has 1 aromatic rings. The van der Waals surface area contributed by atoms with Crippen molar-refractivity contribution in [3.8, 4) is 0 Å². The van der Waals surface area contributed by atoms with Crippen molar-refractivity contribution in [1.82, 2.24) is 10.2 Å². The number of nitrogens with zero attached hydrogens (tertiary/aromatic N) is 1. The van der Waals surface area contributed by atoms with Crippen LogP contribution < -0.4 is 5.32 Å². The van der Waals surface area contributed by atoms with Crippen molar-refractivity contribution in [2.24, 2.45) is 5.92 Å². The van der Waals surface area contributed by atoms with E-state index in [-0.39, 0.29) is 11.8 Å². The van der Waals surface area contributed by atoms with Gasteiger partial charge in [0.2, 0.25) is 5.91 Å². The Balaban J connectivity index is 1.48. The first-order chi connectivity index (χ1) is 11.2. The summed E-state index contributed by atoms with van der Waals surface area (Å²) in [5.41, 5.74) is 1.76. The van der Waals surface area contributed by atoms with Crippen LogP contribution >= 0.6 is 0 Å². The number of rotatable bonds is 5. The molecule has 1 saturated heterocycles. The maximum absolute atomic E-state index is 12.3. The first-order valence-corrected chi connectivity index (χ1v) is 8.54. The highest BCUT2D eigenvalue weighted by Crippen LogP contribution is 2.20. The Kier molecular flexibility index (Phi) is 5.11. The van der Waals surface area contributed by atoms with Gasteiger partial charge in [-0.1, -0.05) is 24.3 Å². The van der Waals surface area contributed by atoms with Crippen LogP contribution in [0.15, 0.2) is 36.4 Å². The van der Waals surface area contributed by atoms with Gasteiger partial charge in [0.15, 0.2) is 0 Å². The predicted molar refractivity (Wildman–Crippen MR) is 89.9 cm³/mol. The lowest BCUT2D eigenvalue weighted by Crippen LogP contribution is -2.27. The fraction of sp³-hybridized carbons (Fsp3) is 0.474. The van der Waals surface area contributed by atoms with E-state index in [1.165, 1.54) is 0 Å². The summed E-state index contributed by atoms with van der Waals surface area (Å²) in [6.07, 6.45) is 9.23. The van der Waals surface area contributed by atoms with Crippen LogP contribution in [0.3, 0.4) is 0 Å². The smallest absolute Gasteiger partial charge is 0.253 e. The van der Waals surface area contributed by atoms with Gasteiger partial charge >= 0.3 is 0 Å². The number of hydrogen-bond donors (Lipinski definition) is 1. The van der Waals surface area contributed by atoms with Crippen LogP contribution in [0.2, 0.25) is 0 Å². The molecule has 1 fully saturated rings. The normalized spacial score (nSPS) is 20.0. The van der Waals surface area contributed by atoms with Gasteiger partial charge in [0, 0.05) is 31.6 Å². The van der Waals surface area contributed by atoms with Crippen molar-refractivity contribution in [1.29, 1.82) is 0 Å². The number of hydrogen-bond acceptors (Lipinski definition) is 2. The Morgan fingerprint density at radius 3 is 2.52 bits per heavy atom. The van der Waals surface area contributed by atoms with E-state index in [1.54, 1.807) is 0 Å². The molecule has 1 heterocycles. The van der Waals surface area contributed by atoms with E-state index in [2.05, 4.69) is 17.5 Å². The molecule has 1 aromatic carbocycles. The summed E-state index contributed by atoms with van der Waals surface area (Å²) >= 11 is 0. The zero-order valence-corrected chi connectivity index (χ0v) is 13.5. The van der Waals surface area contributed by atoms with Crippen molar-refractivity contribution < 1.29 is 9.59 Å². The minimum absolute atomic E-state index is 0.0961. The molecule has 1 aliphatic carbocycles. The Morgan fingerprint density at radius 2 is 1.87 bits per heavy atom. The second kappa shape index (κ2) is 7.44. The summed E-state index contributed by atoms with van der Waals surface area (Å²) in [6, 6.07) is 7.59. The van der Waals surface area contributed by atoms with Gasteiger partial charge in [-0.2, -0.15) is 0 Å². The van der Waals surface area contributed by atoms with Crippen LogP contribution in [-0.2, 0) is 11.3 Å². The Hall–Kier alpha value is -2.10. The molecule has 2 aliphatic rings. The number of allylic oxidation sites excluding steroid dienone is 2. The SMILES string of the molecule is O=C(C[C@@H]1C=CCC1)NCc1ccc(C(=O)N2CCCC2)cc1. The average molecular weight is 312 g/mol. The number of amides is 2. The number of benzene rings is 1. The Bertz CT molecular complexity index is 586. The zero-order chi connectivity index (χ0) is 16.1. The first kappa shape index (κ1) is 15.8.